The summed E-state index contributed by atoms with van der Waals surface area (Å²) in [5.74, 6) is -0.607. The smallest absolute Gasteiger partial charge is 0.305 e. The molecule has 46 heavy (non-hydrogen) atoms. The molecule has 0 aromatic carbocycles. The van der Waals surface area contributed by atoms with E-state index in [1.807, 2.05) is 0 Å². The lowest BCUT2D eigenvalue weighted by Gasteiger charge is -2.12. The van der Waals surface area contributed by atoms with Crippen molar-refractivity contribution in [1.82, 2.24) is 0 Å². The molecule has 0 spiro atoms. The van der Waals surface area contributed by atoms with Crippen molar-refractivity contribution in [2.24, 2.45) is 0 Å². The molecule has 7 heteroatoms. The fourth-order valence-corrected chi connectivity index (χ4v) is 5.86. The normalized spacial score (nSPS) is 20.6. The second-order valence-electron chi connectivity index (χ2n) is 13.5. The van der Waals surface area contributed by atoms with Crippen LogP contribution in [0, 0.1) is 0 Å². The molecule has 2 heterocycles. The predicted octanol–water partition coefficient (Wildman–Crippen LogP) is 9.48. The largest absolute Gasteiger partial charge is 0.463 e. The lowest BCUT2D eigenvalue weighted by atomic mass is 10.1. The number of hydrogen-bond donors (Lipinski definition) is 1. The molecule has 1 N–H and O–H groups in total. The molecule has 2 saturated heterocycles. The van der Waals surface area contributed by atoms with Crippen molar-refractivity contribution in [3.8, 4) is 0 Å². The van der Waals surface area contributed by atoms with Crippen LogP contribution < -0.4 is 0 Å². The van der Waals surface area contributed by atoms with E-state index in [1.54, 1.807) is 0 Å². The summed E-state index contributed by atoms with van der Waals surface area (Å²) < 4.78 is 21.8. The van der Waals surface area contributed by atoms with Gasteiger partial charge in [0.2, 0.25) is 0 Å². The number of carbonyl (C=O) groups excluding carboxylic acids is 2. The molecule has 0 radical (unpaired) electrons. The molecule has 0 aromatic heterocycles. The Morgan fingerprint density at radius 1 is 0.565 bits per heavy atom. The first kappa shape index (κ1) is 40.5. The van der Waals surface area contributed by atoms with Gasteiger partial charge in [0, 0.05) is 12.8 Å². The van der Waals surface area contributed by atoms with Crippen LogP contribution >= 0.6 is 0 Å². The number of unbranched alkanes of at least 4 members (excludes halogenated alkanes) is 14. The van der Waals surface area contributed by atoms with E-state index in [9.17, 15) is 14.7 Å². The van der Waals surface area contributed by atoms with Gasteiger partial charge in [-0.05, 0) is 64.2 Å². The summed E-state index contributed by atoms with van der Waals surface area (Å²) in [6.45, 7) is 4.20. The van der Waals surface area contributed by atoms with Gasteiger partial charge in [-0.3, -0.25) is 9.59 Å². The Balaban J connectivity index is 1.28. The Hall–Kier alpha value is -1.70. The number of esters is 2. The second kappa shape index (κ2) is 27.3. The van der Waals surface area contributed by atoms with Crippen LogP contribution in [-0.2, 0) is 28.5 Å². The quantitative estimate of drug-likeness (QED) is 0.0336. The van der Waals surface area contributed by atoms with Gasteiger partial charge in [-0.15, -0.1) is 0 Å². The molecule has 0 unspecified atom stereocenters. The summed E-state index contributed by atoms with van der Waals surface area (Å²) in [6.07, 6.45) is 35.7. The fourth-order valence-electron chi connectivity index (χ4n) is 5.86. The fraction of sp³-hybridized carbons (Fsp3) is 0.846. The highest BCUT2D eigenvalue weighted by Gasteiger charge is 2.37. The molecule has 2 fully saturated rings. The van der Waals surface area contributed by atoms with Crippen molar-refractivity contribution in [1.29, 1.82) is 0 Å². The van der Waals surface area contributed by atoms with Crippen LogP contribution in [0.1, 0.15) is 168 Å². The van der Waals surface area contributed by atoms with Gasteiger partial charge in [-0.25, -0.2) is 0 Å². The van der Waals surface area contributed by atoms with Crippen molar-refractivity contribution in [2.45, 2.75) is 198 Å². The van der Waals surface area contributed by atoms with E-state index in [1.165, 1.54) is 64.2 Å². The van der Waals surface area contributed by atoms with E-state index < -0.39 is 6.10 Å². The minimum atomic E-state index is -0.981. The monoisotopic (exact) mass is 648 g/mol. The number of aliphatic hydroxyl groups excluding tert-OH is 1. The first-order chi connectivity index (χ1) is 22.5. The van der Waals surface area contributed by atoms with Gasteiger partial charge in [0.05, 0.1) is 24.4 Å². The third kappa shape index (κ3) is 22.8. The van der Waals surface area contributed by atoms with E-state index >= 15 is 0 Å². The Bertz CT molecular complexity index is 759. The molecule has 2 aliphatic heterocycles. The summed E-state index contributed by atoms with van der Waals surface area (Å²) in [5, 5.41) is 10.0. The van der Waals surface area contributed by atoms with Gasteiger partial charge >= 0.3 is 11.9 Å². The van der Waals surface area contributed by atoms with Crippen LogP contribution in [0.3, 0.4) is 0 Å². The first-order valence-corrected chi connectivity index (χ1v) is 19.1. The minimum absolute atomic E-state index is 0.133. The van der Waals surface area contributed by atoms with Gasteiger partial charge in [0.1, 0.15) is 19.3 Å². The van der Waals surface area contributed by atoms with Gasteiger partial charge in [0.15, 0.2) is 0 Å². The average Bonchev–Trinajstić information content (AvgIpc) is 3.98. The van der Waals surface area contributed by atoms with Crippen molar-refractivity contribution in [3.63, 3.8) is 0 Å². The Kier molecular flexibility index (Phi) is 24.0. The zero-order valence-corrected chi connectivity index (χ0v) is 29.5. The lowest BCUT2D eigenvalue weighted by molar-refractivity contribution is -0.152. The number of aliphatic hydroxyl groups is 1. The van der Waals surface area contributed by atoms with Gasteiger partial charge in [0.25, 0.3) is 0 Å². The number of carbonyl (C=O) groups is 2. The van der Waals surface area contributed by atoms with Crippen LogP contribution in [0.2, 0.25) is 0 Å². The maximum atomic E-state index is 12.0. The highest BCUT2D eigenvalue weighted by Crippen LogP contribution is 2.31. The number of ether oxygens (including phenoxy) is 4. The number of allylic oxidation sites excluding steroid dienone is 2. The van der Waals surface area contributed by atoms with Crippen molar-refractivity contribution in [3.05, 3.63) is 24.3 Å². The molecular weight excluding hydrogens is 580 g/mol. The van der Waals surface area contributed by atoms with Gasteiger partial charge in [-0.2, -0.15) is 0 Å². The van der Waals surface area contributed by atoms with Gasteiger partial charge in [-0.1, -0.05) is 115 Å². The summed E-state index contributed by atoms with van der Waals surface area (Å²) in [4.78, 5) is 23.9. The molecule has 0 aliphatic carbocycles. The van der Waals surface area contributed by atoms with Crippen LogP contribution in [0.15, 0.2) is 24.3 Å². The molecular formula is C39H68O7. The number of rotatable bonds is 32. The SMILES string of the molecule is CCCCC[C@H]1O[C@H]1C/C=C\CCCCCCCC(=O)OCC(O)COC(=O)CCCCCCC/C=C\C[C@@H]1O[C@@H]1CCCCC. The molecule has 4 atom stereocenters. The maximum Gasteiger partial charge on any atom is 0.305 e. The van der Waals surface area contributed by atoms with E-state index in [-0.39, 0.29) is 25.2 Å². The van der Waals surface area contributed by atoms with Crippen LogP contribution in [0.5, 0.6) is 0 Å². The lowest BCUT2D eigenvalue weighted by Crippen LogP contribution is -2.25. The summed E-state index contributed by atoms with van der Waals surface area (Å²) in [7, 11) is 0. The Morgan fingerprint density at radius 3 is 1.41 bits per heavy atom. The molecule has 0 aromatic rings. The molecule has 0 saturated carbocycles. The third-order valence-corrected chi connectivity index (χ3v) is 9.01. The van der Waals surface area contributed by atoms with E-state index in [4.69, 9.17) is 18.9 Å². The van der Waals surface area contributed by atoms with Crippen molar-refractivity contribution >= 4 is 11.9 Å². The molecule has 7 nitrogen and oxygen atoms in total. The zero-order chi connectivity index (χ0) is 33.1. The van der Waals surface area contributed by atoms with E-state index in [2.05, 4.69) is 38.2 Å². The summed E-state index contributed by atoms with van der Waals surface area (Å²) in [5.41, 5.74) is 0. The summed E-state index contributed by atoms with van der Waals surface area (Å²) in [6, 6.07) is 0. The maximum absolute atomic E-state index is 12.0. The highest BCUT2D eigenvalue weighted by molar-refractivity contribution is 5.69. The number of hydrogen-bond acceptors (Lipinski definition) is 7. The van der Waals surface area contributed by atoms with E-state index in [0.29, 0.717) is 37.3 Å². The number of epoxide rings is 2. The highest BCUT2D eigenvalue weighted by atomic mass is 16.6. The predicted molar refractivity (Wildman–Crippen MR) is 186 cm³/mol. The van der Waals surface area contributed by atoms with Crippen LogP contribution in [0.25, 0.3) is 0 Å². The van der Waals surface area contributed by atoms with E-state index in [0.717, 1.165) is 77.0 Å². The first-order valence-electron chi connectivity index (χ1n) is 19.1. The summed E-state index contributed by atoms with van der Waals surface area (Å²) >= 11 is 0. The Labute approximate surface area is 281 Å². The minimum Gasteiger partial charge on any atom is -0.463 e. The molecule has 0 bridgehead atoms. The molecule has 0 amide bonds. The standard InChI is InChI=1S/C39H68O7/c1-3-5-19-25-34-36(45-34)27-21-15-11-7-9-13-17-23-29-38(41)43-31-33(40)32-44-39(42)30-24-18-14-10-8-12-16-22-28-37-35(46-37)26-20-6-4-2/h15-16,21-22,33-37,40H,3-14,17-20,23-32H2,1-2H3/b21-15-,22-16-/t34-,35-,36+,37+/m1/s1. The van der Waals surface area contributed by atoms with Crippen molar-refractivity contribution < 1.29 is 33.6 Å². The third-order valence-electron chi connectivity index (χ3n) is 9.01. The van der Waals surface area contributed by atoms with Crippen molar-refractivity contribution in [2.75, 3.05) is 13.2 Å². The Morgan fingerprint density at radius 2 is 0.978 bits per heavy atom. The van der Waals surface area contributed by atoms with Crippen LogP contribution in [-0.4, -0.2) is 60.8 Å². The molecule has 266 valence electrons. The van der Waals surface area contributed by atoms with Crippen LogP contribution in [0.4, 0.5) is 0 Å². The van der Waals surface area contributed by atoms with Gasteiger partial charge < -0.3 is 24.1 Å². The average molecular weight is 649 g/mol. The topological polar surface area (TPSA) is 97.9 Å². The molecule has 2 aliphatic rings. The second-order valence-corrected chi connectivity index (χ2v) is 13.5. The molecule has 2 rings (SSSR count). The zero-order valence-electron chi connectivity index (χ0n) is 29.5.